The largest absolute Gasteiger partial charge is 0.454 e. The Labute approximate surface area is 104 Å². The predicted molar refractivity (Wildman–Crippen MR) is 65.2 cm³/mol. The van der Waals surface area contributed by atoms with Crippen molar-refractivity contribution in [3.05, 3.63) is 52.6 Å². The van der Waals surface area contributed by atoms with Gasteiger partial charge in [0.05, 0.1) is 0 Å². The Hall–Kier alpha value is -1.61. The van der Waals surface area contributed by atoms with E-state index in [-0.39, 0.29) is 11.6 Å². The topological polar surface area (TPSA) is 22.1 Å². The molecule has 0 unspecified atom stereocenters. The van der Waals surface area contributed by atoms with E-state index in [4.69, 9.17) is 16.3 Å². The zero-order valence-electron chi connectivity index (χ0n) is 9.50. The minimum atomic E-state index is -0.388. The lowest BCUT2D eigenvalue weighted by Gasteiger charge is -2.09. The Kier molecular flexibility index (Phi) is 3.29. The number of ether oxygens (including phenoxy) is 1. The molecular weight excluding hydrogens is 241 g/mol. The number of hydrogen-bond donors (Lipinski definition) is 0. The van der Waals surface area contributed by atoms with Gasteiger partial charge in [-0.2, -0.15) is 0 Å². The van der Waals surface area contributed by atoms with Gasteiger partial charge in [-0.15, -0.1) is 0 Å². The van der Waals surface area contributed by atoms with E-state index in [2.05, 4.69) is 4.98 Å². The minimum absolute atomic E-state index is 0.190. The fraction of sp³-hybridized carbons (Fsp3) is 0.154. The molecule has 0 radical (unpaired) electrons. The van der Waals surface area contributed by atoms with Crippen molar-refractivity contribution in [1.29, 1.82) is 0 Å². The number of halogens is 2. The van der Waals surface area contributed by atoms with Crippen LogP contribution in [0.25, 0.3) is 0 Å². The van der Waals surface area contributed by atoms with Gasteiger partial charge in [-0.25, -0.2) is 9.37 Å². The van der Waals surface area contributed by atoms with E-state index in [0.29, 0.717) is 10.9 Å². The third-order valence-corrected chi connectivity index (χ3v) is 2.68. The van der Waals surface area contributed by atoms with Gasteiger partial charge in [-0.3, -0.25) is 0 Å². The lowest BCUT2D eigenvalue weighted by molar-refractivity contribution is 0.441. The van der Waals surface area contributed by atoms with Crippen LogP contribution in [0.1, 0.15) is 11.1 Å². The van der Waals surface area contributed by atoms with Crippen molar-refractivity contribution in [2.45, 2.75) is 13.8 Å². The van der Waals surface area contributed by atoms with Crippen molar-refractivity contribution in [2.75, 3.05) is 0 Å². The van der Waals surface area contributed by atoms with Crippen LogP contribution in [0.3, 0.4) is 0 Å². The van der Waals surface area contributed by atoms with E-state index in [9.17, 15) is 4.39 Å². The molecule has 0 N–H and O–H groups in total. The average molecular weight is 252 g/mol. The second-order valence-corrected chi connectivity index (χ2v) is 4.17. The van der Waals surface area contributed by atoms with Crippen molar-refractivity contribution in [3.8, 4) is 11.5 Å². The second-order valence-electron chi connectivity index (χ2n) is 3.78. The highest BCUT2D eigenvalue weighted by atomic mass is 35.5. The predicted octanol–water partition coefficient (Wildman–Crippen LogP) is 4.28. The van der Waals surface area contributed by atoms with Gasteiger partial charge in [-0.1, -0.05) is 11.6 Å². The van der Waals surface area contributed by atoms with Crippen LogP contribution in [0.4, 0.5) is 4.39 Å². The Morgan fingerprint density at radius 3 is 2.59 bits per heavy atom. The van der Waals surface area contributed by atoms with Crippen molar-refractivity contribution >= 4 is 11.6 Å². The van der Waals surface area contributed by atoms with E-state index in [1.54, 1.807) is 12.1 Å². The van der Waals surface area contributed by atoms with Gasteiger partial charge < -0.3 is 4.74 Å². The number of rotatable bonds is 2. The molecule has 2 nitrogen and oxygen atoms in total. The highest BCUT2D eigenvalue weighted by Crippen LogP contribution is 2.27. The molecule has 0 saturated heterocycles. The van der Waals surface area contributed by atoms with E-state index in [1.165, 1.54) is 18.3 Å². The lowest BCUT2D eigenvalue weighted by atomic mass is 10.1. The maximum Gasteiger partial charge on any atom is 0.166 e. The zero-order chi connectivity index (χ0) is 12.4. The second kappa shape index (κ2) is 4.72. The summed E-state index contributed by atoms with van der Waals surface area (Å²) in [6.45, 7) is 3.76. The Balaban J connectivity index is 2.33. The number of hydrogen-bond acceptors (Lipinski definition) is 2. The molecule has 2 rings (SSSR count). The summed E-state index contributed by atoms with van der Waals surface area (Å²) in [4.78, 5) is 3.83. The fourth-order valence-electron chi connectivity index (χ4n) is 1.41. The monoisotopic (exact) mass is 251 g/mol. The maximum absolute atomic E-state index is 13.6. The van der Waals surface area contributed by atoms with Gasteiger partial charge in [0.25, 0.3) is 0 Å². The van der Waals surface area contributed by atoms with Crippen molar-refractivity contribution in [1.82, 2.24) is 4.98 Å². The summed E-state index contributed by atoms with van der Waals surface area (Å²) in [5, 5.41) is 0.312. The molecule has 0 aliphatic heterocycles. The van der Waals surface area contributed by atoms with Gasteiger partial charge >= 0.3 is 0 Å². The molecule has 17 heavy (non-hydrogen) atoms. The van der Waals surface area contributed by atoms with Crippen LogP contribution in [0.5, 0.6) is 11.5 Å². The fourth-order valence-corrected chi connectivity index (χ4v) is 1.57. The molecule has 1 aromatic heterocycles. The van der Waals surface area contributed by atoms with E-state index < -0.39 is 0 Å². The van der Waals surface area contributed by atoms with Crippen LogP contribution in [-0.4, -0.2) is 4.98 Å². The van der Waals surface area contributed by atoms with Gasteiger partial charge in [-0.05, 0) is 43.2 Å². The molecule has 0 spiro atoms. The minimum Gasteiger partial charge on any atom is -0.454 e. The Morgan fingerprint density at radius 1 is 1.18 bits per heavy atom. The van der Waals surface area contributed by atoms with Gasteiger partial charge in [0.15, 0.2) is 11.6 Å². The SMILES string of the molecule is Cc1cc(F)c(Oc2ccnc(Cl)c2)cc1C. The summed E-state index contributed by atoms with van der Waals surface area (Å²) in [5.41, 5.74) is 1.86. The summed E-state index contributed by atoms with van der Waals surface area (Å²) in [5.74, 6) is 0.267. The van der Waals surface area contributed by atoms with E-state index in [0.717, 1.165) is 11.1 Å². The molecule has 0 amide bonds. The number of nitrogens with zero attached hydrogens (tertiary/aromatic N) is 1. The lowest BCUT2D eigenvalue weighted by Crippen LogP contribution is -1.92. The third kappa shape index (κ3) is 2.74. The standard InChI is InChI=1S/C13H11ClFNO/c1-8-5-11(15)12(6-9(8)2)17-10-3-4-16-13(14)7-10/h3-7H,1-2H3. The van der Waals surface area contributed by atoms with E-state index in [1.807, 2.05) is 13.8 Å². The first-order valence-electron chi connectivity index (χ1n) is 5.12. The smallest absolute Gasteiger partial charge is 0.166 e. The molecule has 88 valence electrons. The van der Waals surface area contributed by atoms with Crippen LogP contribution in [-0.2, 0) is 0 Å². The van der Waals surface area contributed by atoms with E-state index >= 15 is 0 Å². The summed E-state index contributed by atoms with van der Waals surface area (Å²) in [7, 11) is 0. The first-order chi connectivity index (χ1) is 8.06. The molecular formula is C13H11ClFNO. The molecule has 0 atom stereocenters. The highest BCUT2D eigenvalue weighted by Gasteiger charge is 2.07. The molecule has 4 heteroatoms. The maximum atomic E-state index is 13.6. The molecule has 1 heterocycles. The number of aryl methyl sites for hydroxylation is 2. The molecule has 0 aliphatic rings. The normalized spacial score (nSPS) is 10.4. The van der Waals surface area contributed by atoms with Crippen LogP contribution in [0.15, 0.2) is 30.5 Å². The van der Waals surface area contributed by atoms with Gasteiger partial charge in [0.1, 0.15) is 10.9 Å². The van der Waals surface area contributed by atoms with Crippen molar-refractivity contribution < 1.29 is 9.13 Å². The summed E-state index contributed by atoms with van der Waals surface area (Å²) in [6.07, 6.45) is 1.51. The first kappa shape index (κ1) is 11.9. The number of benzene rings is 1. The molecule has 0 aliphatic carbocycles. The van der Waals surface area contributed by atoms with Crippen LogP contribution in [0, 0.1) is 19.7 Å². The molecule has 2 aromatic rings. The molecule has 1 aromatic carbocycles. The zero-order valence-corrected chi connectivity index (χ0v) is 10.3. The first-order valence-corrected chi connectivity index (χ1v) is 5.50. The van der Waals surface area contributed by atoms with Gasteiger partial charge in [0.2, 0.25) is 0 Å². The summed E-state index contributed by atoms with van der Waals surface area (Å²) >= 11 is 5.72. The number of aromatic nitrogens is 1. The van der Waals surface area contributed by atoms with Crippen LogP contribution < -0.4 is 4.74 Å². The third-order valence-electron chi connectivity index (χ3n) is 2.47. The quantitative estimate of drug-likeness (QED) is 0.743. The highest BCUT2D eigenvalue weighted by molar-refractivity contribution is 6.29. The Bertz CT molecular complexity index is 557. The van der Waals surface area contributed by atoms with Crippen molar-refractivity contribution in [3.63, 3.8) is 0 Å². The van der Waals surface area contributed by atoms with Crippen LogP contribution in [0.2, 0.25) is 5.15 Å². The molecule has 0 bridgehead atoms. The van der Waals surface area contributed by atoms with Gasteiger partial charge in [0, 0.05) is 12.3 Å². The van der Waals surface area contributed by atoms with Crippen LogP contribution >= 0.6 is 11.6 Å². The molecule has 0 fully saturated rings. The summed E-state index contributed by atoms with van der Waals surface area (Å²) in [6, 6.07) is 6.28. The average Bonchev–Trinajstić information content (AvgIpc) is 2.26. The molecule has 0 saturated carbocycles. The number of pyridine rings is 1. The Morgan fingerprint density at radius 2 is 1.88 bits per heavy atom. The summed E-state index contributed by atoms with van der Waals surface area (Å²) < 4.78 is 19.1. The van der Waals surface area contributed by atoms with Crippen molar-refractivity contribution in [2.24, 2.45) is 0 Å².